The number of rotatable bonds is 5. The van der Waals surface area contributed by atoms with E-state index >= 15 is 0 Å². The summed E-state index contributed by atoms with van der Waals surface area (Å²) in [5.74, 6) is 0. The smallest absolute Gasteiger partial charge is 0.101 e. The van der Waals surface area contributed by atoms with Crippen LogP contribution in [0.4, 0.5) is 0 Å². The molecule has 102 valence electrons. The highest BCUT2D eigenvalue weighted by Gasteiger charge is 2.04. The Morgan fingerprint density at radius 3 is 2.15 bits per heavy atom. The molecule has 0 radical (unpaired) electrons. The maximum Gasteiger partial charge on any atom is 0.101 e. The standard InChI is InChI=1S/C19H20O/c1-16(15-17-9-5-3-6-10-17)13-14-19(20-2)18-11-7-4-8-12-18/h3-15,19H,1-2H3/b14-13+,16-15+. The minimum absolute atomic E-state index is 0.00433. The van der Waals surface area contributed by atoms with Gasteiger partial charge in [-0.1, -0.05) is 84.5 Å². The Hall–Kier alpha value is -2.12. The molecule has 0 saturated carbocycles. The fraction of sp³-hybridized carbons (Fsp3) is 0.158. The fourth-order valence-electron chi connectivity index (χ4n) is 2.07. The lowest BCUT2D eigenvalue weighted by atomic mass is 10.1. The molecule has 2 rings (SSSR count). The molecule has 0 spiro atoms. The molecule has 2 aromatic carbocycles. The third kappa shape index (κ3) is 4.22. The lowest BCUT2D eigenvalue weighted by molar-refractivity contribution is 0.143. The van der Waals surface area contributed by atoms with Crippen molar-refractivity contribution in [3.63, 3.8) is 0 Å². The van der Waals surface area contributed by atoms with Crippen LogP contribution in [0.2, 0.25) is 0 Å². The maximum atomic E-state index is 5.52. The summed E-state index contributed by atoms with van der Waals surface area (Å²) in [6, 6.07) is 20.5. The normalized spacial score (nSPS) is 13.6. The molecule has 1 unspecified atom stereocenters. The van der Waals surface area contributed by atoms with Gasteiger partial charge in [0.2, 0.25) is 0 Å². The van der Waals surface area contributed by atoms with E-state index in [0.717, 1.165) is 0 Å². The van der Waals surface area contributed by atoms with Gasteiger partial charge in [0.1, 0.15) is 6.10 Å². The first kappa shape index (κ1) is 14.3. The SMILES string of the molecule is COC(/C=C/C(C)=C/c1ccccc1)c1ccccc1. The summed E-state index contributed by atoms with van der Waals surface area (Å²) in [4.78, 5) is 0. The largest absolute Gasteiger partial charge is 0.373 e. The van der Waals surface area contributed by atoms with Gasteiger partial charge in [-0.15, -0.1) is 0 Å². The van der Waals surface area contributed by atoms with E-state index in [4.69, 9.17) is 4.74 Å². The molecule has 0 aliphatic rings. The van der Waals surface area contributed by atoms with Gasteiger partial charge in [0.15, 0.2) is 0 Å². The Bertz CT molecular complexity index is 567. The highest BCUT2D eigenvalue weighted by molar-refractivity contribution is 5.55. The molecule has 1 nitrogen and oxygen atoms in total. The minimum atomic E-state index is -0.00433. The highest BCUT2D eigenvalue weighted by Crippen LogP contribution is 2.18. The summed E-state index contributed by atoms with van der Waals surface area (Å²) in [7, 11) is 1.73. The quantitative estimate of drug-likeness (QED) is 0.688. The molecule has 0 N–H and O–H groups in total. The average Bonchev–Trinajstić information content (AvgIpc) is 2.50. The summed E-state index contributed by atoms with van der Waals surface area (Å²) in [6.07, 6.45) is 6.35. The maximum absolute atomic E-state index is 5.52. The summed E-state index contributed by atoms with van der Waals surface area (Å²) >= 11 is 0. The Morgan fingerprint density at radius 1 is 0.950 bits per heavy atom. The first-order valence-corrected chi connectivity index (χ1v) is 6.79. The van der Waals surface area contributed by atoms with Crippen molar-refractivity contribution in [1.82, 2.24) is 0 Å². The lowest BCUT2D eigenvalue weighted by Gasteiger charge is -2.10. The Balaban J connectivity index is 2.09. The van der Waals surface area contributed by atoms with Crippen LogP contribution in [-0.4, -0.2) is 7.11 Å². The van der Waals surface area contributed by atoms with Gasteiger partial charge in [0, 0.05) is 7.11 Å². The highest BCUT2D eigenvalue weighted by atomic mass is 16.5. The molecular formula is C19H20O. The van der Waals surface area contributed by atoms with Crippen molar-refractivity contribution in [2.24, 2.45) is 0 Å². The molecule has 1 atom stereocenters. The zero-order chi connectivity index (χ0) is 14.2. The van der Waals surface area contributed by atoms with Gasteiger partial charge in [-0.2, -0.15) is 0 Å². The lowest BCUT2D eigenvalue weighted by Crippen LogP contribution is -1.97. The van der Waals surface area contributed by atoms with E-state index in [2.05, 4.69) is 49.4 Å². The molecule has 0 amide bonds. The zero-order valence-corrected chi connectivity index (χ0v) is 12.0. The van der Waals surface area contributed by atoms with Crippen molar-refractivity contribution >= 4 is 6.08 Å². The van der Waals surface area contributed by atoms with E-state index in [1.807, 2.05) is 36.4 Å². The molecule has 0 heterocycles. The molecule has 2 aromatic rings. The predicted molar refractivity (Wildman–Crippen MR) is 85.4 cm³/mol. The van der Waals surface area contributed by atoms with E-state index in [1.54, 1.807) is 7.11 Å². The van der Waals surface area contributed by atoms with Crippen molar-refractivity contribution in [2.75, 3.05) is 7.11 Å². The third-order valence-corrected chi connectivity index (χ3v) is 3.11. The van der Waals surface area contributed by atoms with Crippen LogP contribution in [-0.2, 0) is 4.74 Å². The van der Waals surface area contributed by atoms with Gasteiger partial charge < -0.3 is 4.74 Å². The zero-order valence-electron chi connectivity index (χ0n) is 12.0. The molecule has 0 bridgehead atoms. The van der Waals surface area contributed by atoms with Crippen LogP contribution in [0, 0.1) is 0 Å². The van der Waals surface area contributed by atoms with E-state index in [-0.39, 0.29) is 6.10 Å². The number of hydrogen-bond acceptors (Lipinski definition) is 1. The van der Waals surface area contributed by atoms with Crippen molar-refractivity contribution < 1.29 is 4.74 Å². The topological polar surface area (TPSA) is 9.23 Å². The van der Waals surface area contributed by atoms with Gasteiger partial charge in [-0.05, 0) is 18.1 Å². The summed E-state index contributed by atoms with van der Waals surface area (Å²) < 4.78 is 5.52. The first-order chi connectivity index (χ1) is 9.79. The van der Waals surface area contributed by atoms with Gasteiger partial charge >= 0.3 is 0 Å². The summed E-state index contributed by atoms with van der Waals surface area (Å²) in [6.45, 7) is 2.10. The third-order valence-electron chi connectivity index (χ3n) is 3.11. The second kappa shape index (κ2) is 7.46. The fourth-order valence-corrected chi connectivity index (χ4v) is 2.07. The van der Waals surface area contributed by atoms with E-state index in [1.165, 1.54) is 16.7 Å². The van der Waals surface area contributed by atoms with Crippen molar-refractivity contribution in [3.05, 3.63) is 89.5 Å². The number of hydrogen-bond donors (Lipinski definition) is 0. The average molecular weight is 264 g/mol. The van der Waals surface area contributed by atoms with E-state index in [9.17, 15) is 0 Å². The van der Waals surface area contributed by atoms with Crippen LogP contribution in [0.5, 0.6) is 0 Å². The minimum Gasteiger partial charge on any atom is -0.373 e. The van der Waals surface area contributed by atoms with Gasteiger partial charge in [-0.25, -0.2) is 0 Å². The molecule has 0 aliphatic carbocycles. The van der Waals surface area contributed by atoms with Crippen LogP contribution < -0.4 is 0 Å². The monoisotopic (exact) mass is 264 g/mol. The molecule has 20 heavy (non-hydrogen) atoms. The Labute approximate surface area is 121 Å². The van der Waals surface area contributed by atoms with Crippen molar-refractivity contribution in [3.8, 4) is 0 Å². The number of ether oxygens (including phenoxy) is 1. The molecule has 1 heteroatoms. The van der Waals surface area contributed by atoms with Crippen LogP contribution in [0.1, 0.15) is 24.2 Å². The van der Waals surface area contributed by atoms with Gasteiger partial charge in [0.05, 0.1) is 0 Å². The molecule has 0 aliphatic heterocycles. The molecule has 0 saturated heterocycles. The number of methoxy groups -OCH3 is 1. The summed E-state index contributed by atoms with van der Waals surface area (Å²) in [5, 5.41) is 0. The second-order valence-corrected chi connectivity index (χ2v) is 4.73. The van der Waals surface area contributed by atoms with Crippen LogP contribution in [0.3, 0.4) is 0 Å². The predicted octanol–water partition coefficient (Wildman–Crippen LogP) is 5.03. The first-order valence-electron chi connectivity index (χ1n) is 6.79. The van der Waals surface area contributed by atoms with E-state index in [0.29, 0.717) is 0 Å². The second-order valence-electron chi connectivity index (χ2n) is 4.73. The molecule has 0 aromatic heterocycles. The Morgan fingerprint density at radius 2 is 1.55 bits per heavy atom. The van der Waals surface area contributed by atoms with Crippen molar-refractivity contribution in [2.45, 2.75) is 13.0 Å². The van der Waals surface area contributed by atoms with Gasteiger partial charge in [0.25, 0.3) is 0 Å². The van der Waals surface area contributed by atoms with E-state index < -0.39 is 0 Å². The number of allylic oxidation sites excluding steroid dienone is 2. The Kier molecular flexibility index (Phi) is 5.33. The van der Waals surface area contributed by atoms with Crippen molar-refractivity contribution in [1.29, 1.82) is 0 Å². The molecule has 0 fully saturated rings. The van der Waals surface area contributed by atoms with Crippen LogP contribution >= 0.6 is 0 Å². The van der Waals surface area contributed by atoms with Crippen LogP contribution in [0.25, 0.3) is 6.08 Å². The molecular weight excluding hydrogens is 244 g/mol. The van der Waals surface area contributed by atoms with Crippen LogP contribution in [0.15, 0.2) is 78.4 Å². The number of benzene rings is 2. The van der Waals surface area contributed by atoms with Gasteiger partial charge in [-0.3, -0.25) is 0 Å². The summed E-state index contributed by atoms with van der Waals surface area (Å²) in [5.41, 5.74) is 3.58.